The van der Waals surface area contributed by atoms with Crippen LogP contribution in [0.3, 0.4) is 0 Å². The number of rotatable bonds is 3. The minimum absolute atomic E-state index is 0.0244. The molecule has 9 aromatic rings. The molecule has 1 aliphatic rings. The van der Waals surface area contributed by atoms with Gasteiger partial charge in [-0.2, -0.15) is 0 Å². The Hall–Kier alpha value is -5.66. The Morgan fingerprint density at radius 2 is 1.13 bits per heavy atom. The van der Waals surface area contributed by atoms with Gasteiger partial charge in [0, 0.05) is 21.6 Å². The maximum Gasteiger partial charge on any atom is 0.143 e. The maximum absolute atomic E-state index is 9.59. The van der Waals surface area contributed by atoms with Crippen molar-refractivity contribution < 1.29 is 37.3 Å². The molecule has 10 rings (SSSR count). The molecular formula is C46H32O. The van der Waals surface area contributed by atoms with Crippen molar-refractivity contribution in [3.8, 4) is 22.3 Å². The molecule has 0 bridgehead atoms. The maximum atomic E-state index is 9.59. The van der Waals surface area contributed by atoms with Crippen molar-refractivity contribution in [2.24, 2.45) is 0 Å². The highest BCUT2D eigenvalue weighted by Crippen LogP contribution is 2.54. The van der Waals surface area contributed by atoms with Gasteiger partial charge < -0.3 is 4.42 Å². The van der Waals surface area contributed by atoms with Gasteiger partial charge in [0.05, 0.1) is 32.9 Å². The first-order valence-corrected chi connectivity index (χ1v) is 14.6. The molecular weight excluding hydrogens is 569 g/mol. The molecule has 0 amide bonds. The molecule has 47 heavy (non-hydrogen) atoms. The molecule has 8 aromatic carbocycles. The summed E-state index contributed by atoms with van der Waals surface area (Å²) in [4.78, 5) is 0. The summed E-state index contributed by atoms with van der Waals surface area (Å²) in [6, 6.07) is -17.5. The highest BCUT2D eigenvalue weighted by molar-refractivity contribution is 6.19. The van der Waals surface area contributed by atoms with Gasteiger partial charge in [0.2, 0.25) is 0 Å². The smallest absolute Gasteiger partial charge is 0.143 e. The van der Waals surface area contributed by atoms with E-state index < -0.39 is 206 Å². The number of hydrogen-bond donors (Lipinski definition) is 0. The minimum atomic E-state index is -1.49. The second kappa shape index (κ2) is 9.67. The lowest BCUT2D eigenvalue weighted by molar-refractivity contribution is 0.660. The van der Waals surface area contributed by atoms with Gasteiger partial charge in [0.1, 0.15) is 11.2 Å². The van der Waals surface area contributed by atoms with Crippen molar-refractivity contribution in [1.82, 2.24) is 0 Å². The molecule has 0 atom stereocenters. The van der Waals surface area contributed by atoms with E-state index in [0.29, 0.717) is 0 Å². The van der Waals surface area contributed by atoms with E-state index in [0.717, 1.165) is 0 Å². The van der Waals surface area contributed by atoms with Crippen molar-refractivity contribution >= 4 is 54.3 Å². The van der Waals surface area contributed by atoms with Crippen LogP contribution in [-0.4, -0.2) is 0 Å². The molecule has 0 N–H and O–H groups in total. The first kappa shape index (κ1) is 12.2. The molecule has 222 valence electrons. The standard InChI is InChI=1S/C46H32O/c1-46(2)39-22-10-9-20-35(39)44-36(21-12-23-40(44)46)43-33-18-7-5-16-31(33)38(32-17-6-8-19-34(32)43)27-29-14-11-24-41-42(29)37-26-25-28-13-3-4-15-30(28)45(37)47-41/h3-26H,27H2,1-2H3/i3D,4D,5D,6D,7D,8D,9D,10D,11D,12D,13D,14D,15D,16D,17D,18D,19D,20D,21D,22D,23D,24D,25D,26D. The Morgan fingerprint density at radius 1 is 0.511 bits per heavy atom. The van der Waals surface area contributed by atoms with Crippen LogP contribution in [0, 0.1) is 0 Å². The first-order chi connectivity index (χ1) is 33.1. The summed E-state index contributed by atoms with van der Waals surface area (Å²) in [5.41, 5.74) is -4.42. The molecule has 0 saturated carbocycles. The number of furan rings is 1. The van der Waals surface area contributed by atoms with Gasteiger partial charge in [0.15, 0.2) is 0 Å². The second-order valence-electron chi connectivity index (χ2n) is 11.8. The van der Waals surface area contributed by atoms with Crippen LogP contribution in [-0.2, 0) is 11.8 Å². The van der Waals surface area contributed by atoms with E-state index in [1.165, 1.54) is 0 Å². The van der Waals surface area contributed by atoms with Gasteiger partial charge in [0.25, 0.3) is 0 Å². The zero-order chi connectivity index (χ0) is 52.2. The lowest BCUT2D eigenvalue weighted by atomic mass is 9.81. The summed E-state index contributed by atoms with van der Waals surface area (Å²) in [6.07, 6.45) is -0.796. The molecule has 1 nitrogen and oxygen atoms in total. The lowest BCUT2D eigenvalue weighted by Crippen LogP contribution is -2.14. The highest BCUT2D eigenvalue weighted by atomic mass is 16.3. The van der Waals surface area contributed by atoms with Crippen LogP contribution in [0.25, 0.3) is 76.5 Å². The highest BCUT2D eigenvalue weighted by Gasteiger charge is 2.37. The van der Waals surface area contributed by atoms with Crippen molar-refractivity contribution in [2.75, 3.05) is 0 Å². The summed E-state index contributed by atoms with van der Waals surface area (Å²) in [5.74, 6) is 0. The van der Waals surface area contributed by atoms with Crippen molar-refractivity contribution in [2.45, 2.75) is 25.7 Å². The van der Waals surface area contributed by atoms with E-state index in [-0.39, 0.29) is 49.5 Å². The summed E-state index contributed by atoms with van der Waals surface area (Å²) in [5, 5.41) is -3.27. The van der Waals surface area contributed by atoms with Crippen LogP contribution in [0.2, 0.25) is 0 Å². The Bertz CT molecular complexity index is 4010. The van der Waals surface area contributed by atoms with Gasteiger partial charge in [-0.25, -0.2) is 0 Å². The normalized spacial score (nSPS) is 20.7. The largest absolute Gasteiger partial charge is 0.455 e. The van der Waals surface area contributed by atoms with E-state index in [1.807, 2.05) is 0 Å². The average Bonchev–Trinajstić information content (AvgIpc) is 3.84. The quantitative estimate of drug-likeness (QED) is 0.178. The van der Waals surface area contributed by atoms with Gasteiger partial charge in [-0.3, -0.25) is 0 Å². The first-order valence-electron chi connectivity index (χ1n) is 26.6. The van der Waals surface area contributed by atoms with E-state index in [9.17, 15) is 12.3 Å². The molecule has 1 aliphatic carbocycles. The van der Waals surface area contributed by atoms with Crippen LogP contribution in [0.4, 0.5) is 0 Å². The molecule has 1 aromatic heterocycles. The summed E-state index contributed by atoms with van der Waals surface area (Å²) >= 11 is 0. The summed E-state index contributed by atoms with van der Waals surface area (Å²) in [6.45, 7) is 3.10. The zero-order valence-corrected chi connectivity index (χ0v) is 24.6. The minimum Gasteiger partial charge on any atom is -0.455 e. The topological polar surface area (TPSA) is 13.1 Å². The molecule has 0 aliphatic heterocycles. The fourth-order valence-electron chi connectivity index (χ4n) is 6.87. The molecule has 1 heteroatoms. The van der Waals surface area contributed by atoms with Crippen molar-refractivity contribution in [3.05, 3.63) is 167 Å². The summed E-state index contributed by atoms with van der Waals surface area (Å²) < 4.78 is 223. The molecule has 1 heterocycles. The molecule has 0 radical (unpaired) electrons. The van der Waals surface area contributed by atoms with Crippen molar-refractivity contribution in [1.29, 1.82) is 0 Å². The average molecular weight is 625 g/mol. The Kier molecular flexibility index (Phi) is 2.51. The molecule has 0 saturated heterocycles. The van der Waals surface area contributed by atoms with Gasteiger partial charge in [-0.15, -0.1) is 0 Å². The predicted molar refractivity (Wildman–Crippen MR) is 198 cm³/mol. The van der Waals surface area contributed by atoms with Crippen LogP contribution in [0.5, 0.6) is 0 Å². The van der Waals surface area contributed by atoms with Gasteiger partial charge in [-0.05, 0) is 89.9 Å². The van der Waals surface area contributed by atoms with E-state index >= 15 is 0 Å². The van der Waals surface area contributed by atoms with Crippen LogP contribution in [0.15, 0.2) is 149 Å². The number of fused-ring (bicyclic) bond motifs is 10. The molecule has 0 fully saturated rings. The van der Waals surface area contributed by atoms with Gasteiger partial charge in [-0.1, -0.05) is 147 Å². The third-order valence-corrected chi connectivity index (χ3v) is 8.97. The van der Waals surface area contributed by atoms with E-state index in [4.69, 9.17) is 25.0 Å². The van der Waals surface area contributed by atoms with Crippen LogP contribution in [0.1, 0.15) is 69.0 Å². The number of hydrogen-bond acceptors (Lipinski definition) is 1. The fraction of sp³-hybridized carbons (Fsp3) is 0.0870. The third kappa shape index (κ3) is 3.66. The fourth-order valence-corrected chi connectivity index (χ4v) is 6.87. The van der Waals surface area contributed by atoms with Crippen molar-refractivity contribution in [3.63, 3.8) is 0 Å². The SMILES string of the molecule is [2H]c1c([2H])c([2H])c2c(c1[2H])-c1c(-c3c4c([2H])c([2H])c([2H])c([2H])c4c(Cc4c([2H])c([2H])c([2H])c5oc6c7c([2H])c([2H])c([2H])c([2H])c7c([2H])c([2H])c6c45)c4c([2H])c([2H])c([2H])c([2H])c34)c([2H])c([2H])c([2H])c1C2(C)C. The van der Waals surface area contributed by atoms with E-state index in [1.54, 1.807) is 13.8 Å². The Balaban J connectivity index is 1.48. The summed E-state index contributed by atoms with van der Waals surface area (Å²) in [7, 11) is 0. The third-order valence-electron chi connectivity index (χ3n) is 8.97. The lowest BCUT2D eigenvalue weighted by Gasteiger charge is -2.22. The monoisotopic (exact) mass is 624 g/mol. The zero-order valence-electron chi connectivity index (χ0n) is 48.6. The molecule has 0 spiro atoms. The Morgan fingerprint density at radius 3 is 1.91 bits per heavy atom. The molecule has 0 unspecified atom stereocenters. The van der Waals surface area contributed by atoms with E-state index in [2.05, 4.69) is 0 Å². The second-order valence-corrected chi connectivity index (χ2v) is 11.8. The van der Waals surface area contributed by atoms with Gasteiger partial charge >= 0.3 is 0 Å². The van der Waals surface area contributed by atoms with Crippen LogP contribution >= 0.6 is 0 Å². The number of benzene rings is 8. The predicted octanol–water partition coefficient (Wildman–Crippen LogP) is 12.6. The van der Waals surface area contributed by atoms with Crippen LogP contribution < -0.4 is 0 Å². The Labute approximate surface area is 307 Å².